The van der Waals surface area contributed by atoms with Crippen molar-refractivity contribution in [2.45, 2.75) is 13.3 Å². The molecule has 0 fully saturated rings. The van der Waals surface area contributed by atoms with Gasteiger partial charge in [0.1, 0.15) is 5.75 Å². The van der Waals surface area contributed by atoms with Gasteiger partial charge in [-0.05, 0) is 37.7 Å². The number of anilines is 1. The van der Waals surface area contributed by atoms with E-state index in [9.17, 15) is 0 Å². The Morgan fingerprint density at radius 3 is 2.84 bits per heavy atom. The molecular weight excluding hydrogens is 328 g/mol. The average Bonchev–Trinajstić information content (AvgIpc) is 2.37. The number of hydrogen-bond acceptors (Lipinski definition) is 3. The molecule has 0 saturated heterocycles. The quantitative estimate of drug-likeness (QED) is 0.586. The predicted octanol–water partition coefficient (Wildman–Crippen LogP) is 3.17. The van der Waals surface area contributed by atoms with Gasteiger partial charge in [0.15, 0.2) is 5.11 Å². The van der Waals surface area contributed by atoms with E-state index in [-0.39, 0.29) is 0 Å². The van der Waals surface area contributed by atoms with E-state index in [1.54, 1.807) is 7.11 Å². The second-order valence-electron chi connectivity index (χ2n) is 3.81. The molecule has 106 valence electrons. The van der Waals surface area contributed by atoms with Crippen molar-refractivity contribution in [2.75, 3.05) is 32.2 Å². The molecule has 0 aliphatic rings. The van der Waals surface area contributed by atoms with Crippen molar-refractivity contribution in [1.82, 2.24) is 5.32 Å². The first-order valence-electron chi connectivity index (χ1n) is 6.13. The van der Waals surface area contributed by atoms with Gasteiger partial charge in [-0.25, -0.2) is 0 Å². The lowest BCUT2D eigenvalue weighted by atomic mass is 10.3. The summed E-state index contributed by atoms with van der Waals surface area (Å²) in [6.07, 6.45) is 0.928. The van der Waals surface area contributed by atoms with Crippen LogP contribution in [-0.4, -0.2) is 32.0 Å². The summed E-state index contributed by atoms with van der Waals surface area (Å²) in [6.45, 7) is 4.27. The topological polar surface area (TPSA) is 42.5 Å². The summed E-state index contributed by atoms with van der Waals surface area (Å²) in [7, 11) is 1.63. The Kier molecular flexibility index (Phi) is 7.78. The van der Waals surface area contributed by atoms with Crippen molar-refractivity contribution in [3.63, 3.8) is 0 Å². The summed E-state index contributed by atoms with van der Waals surface area (Å²) in [5.41, 5.74) is 0.883. The minimum absolute atomic E-state index is 0.594. The summed E-state index contributed by atoms with van der Waals surface area (Å²) in [6, 6.07) is 5.72. The smallest absolute Gasteiger partial charge is 0.170 e. The number of methoxy groups -OCH3 is 1. The SMILES string of the molecule is CCOCCCNC(=S)Nc1cc(Br)cc(OC)c1. The van der Waals surface area contributed by atoms with E-state index in [4.69, 9.17) is 21.7 Å². The van der Waals surface area contributed by atoms with E-state index in [1.807, 2.05) is 25.1 Å². The molecule has 0 atom stereocenters. The van der Waals surface area contributed by atoms with Crippen LogP contribution in [-0.2, 0) is 4.74 Å². The molecular formula is C13H19BrN2O2S. The fourth-order valence-electron chi connectivity index (χ4n) is 1.45. The van der Waals surface area contributed by atoms with E-state index in [2.05, 4.69) is 26.6 Å². The summed E-state index contributed by atoms with van der Waals surface area (Å²) in [5.74, 6) is 0.774. The molecule has 2 N–H and O–H groups in total. The molecule has 1 aromatic carbocycles. The largest absolute Gasteiger partial charge is 0.497 e. The number of benzene rings is 1. The number of nitrogens with one attached hydrogen (secondary N) is 2. The van der Waals surface area contributed by atoms with Gasteiger partial charge in [0.2, 0.25) is 0 Å². The highest BCUT2D eigenvalue weighted by atomic mass is 79.9. The second kappa shape index (κ2) is 9.12. The molecule has 0 aliphatic heterocycles. The first-order valence-corrected chi connectivity index (χ1v) is 7.33. The van der Waals surface area contributed by atoms with Crippen LogP contribution in [0.5, 0.6) is 5.75 Å². The van der Waals surface area contributed by atoms with Gasteiger partial charge in [0.25, 0.3) is 0 Å². The number of hydrogen-bond donors (Lipinski definition) is 2. The van der Waals surface area contributed by atoms with Crippen LogP contribution >= 0.6 is 28.1 Å². The number of halogens is 1. The molecule has 0 spiro atoms. The fourth-order valence-corrected chi connectivity index (χ4v) is 2.14. The molecule has 1 rings (SSSR count). The van der Waals surface area contributed by atoms with Crippen LogP contribution in [0, 0.1) is 0 Å². The Balaban J connectivity index is 2.37. The first-order chi connectivity index (χ1) is 9.15. The zero-order valence-corrected chi connectivity index (χ0v) is 13.6. The molecule has 0 radical (unpaired) electrons. The summed E-state index contributed by atoms with van der Waals surface area (Å²) in [5, 5.41) is 6.84. The molecule has 0 aliphatic carbocycles. The van der Waals surface area contributed by atoms with Gasteiger partial charge < -0.3 is 20.1 Å². The highest BCUT2D eigenvalue weighted by Crippen LogP contribution is 2.24. The maximum Gasteiger partial charge on any atom is 0.170 e. The van der Waals surface area contributed by atoms with E-state index in [0.29, 0.717) is 5.11 Å². The van der Waals surface area contributed by atoms with E-state index >= 15 is 0 Å². The number of thiocarbonyl (C=S) groups is 1. The molecule has 0 heterocycles. The lowest BCUT2D eigenvalue weighted by molar-refractivity contribution is 0.146. The van der Waals surface area contributed by atoms with Crippen molar-refractivity contribution in [1.29, 1.82) is 0 Å². The highest BCUT2D eigenvalue weighted by molar-refractivity contribution is 9.10. The third-order valence-corrected chi connectivity index (χ3v) is 3.02. The van der Waals surface area contributed by atoms with Crippen LogP contribution in [0.3, 0.4) is 0 Å². The van der Waals surface area contributed by atoms with Crippen LogP contribution in [0.2, 0.25) is 0 Å². The Bertz CT molecular complexity index is 416. The van der Waals surface area contributed by atoms with Crippen molar-refractivity contribution in [3.05, 3.63) is 22.7 Å². The number of rotatable bonds is 7. The van der Waals surface area contributed by atoms with Crippen molar-refractivity contribution in [3.8, 4) is 5.75 Å². The van der Waals surface area contributed by atoms with E-state index in [0.717, 1.165) is 42.1 Å². The van der Waals surface area contributed by atoms with Crippen molar-refractivity contribution in [2.24, 2.45) is 0 Å². The Morgan fingerprint density at radius 2 is 2.16 bits per heavy atom. The molecule has 0 amide bonds. The average molecular weight is 347 g/mol. The fraction of sp³-hybridized carbons (Fsp3) is 0.462. The third-order valence-electron chi connectivity index (χ3n) is 2.32. The number of ether oxygens (including phenoxy) is 2. The highest BCUT2D eigenvalue weighted by Gasteiger charge is 2.01. The molecule has 0 aromatic heterocycles. The van der Waals surface area contributed by atoms with Gasteiger partial charge >= 0.3 is 0 Å². The van der Waals surface area contributed by atoms with Gasteiger partial charge in [-0.2, -0.15) is 0 Å². The van der Waals surface area contributed by atoms with Crippen LogP contribution < -0.4 is 15.4 Å². The van der Waals surface area contributed by atoms with Gasteiger partial charge in [-0.15, -0.1) is 0 Å². The first kappa shape index (κ1) is 16.2. The van der Waals surface area contributed by atoms with Gasteiger partial charge in [-0.1, -0.05) is 15.9 Å². The van der Waals surface area contributed by atoms with Gasteiger partial charge in [0.05, 0.1) is 7.11 Å². The normalized spacial score (nSPS) is 10.1. The summed E-state index contributed by atoms with van der Waals surface area (Å²) in [4.78, 5) is 0. The van der Waals surface area contributed by atoms with Crippen molar-refractivity contribution >= 4 is 38.9 Å². The second-order valence-corrected chi connectivity index (χ2v) is 5.14. The molecule has 19 heavy (non-hydrogen) atoms. The molecule has 0 bridgehead atoms. The van der Waals surface area contributed by atoms with E-state index < -0.39 is 0 Å². The standard InChI is InChI=1S/C13H19BrN2O2S/c1-3-18-6-4-5-15-13(19)16-11-7-10(14)8-12(9-11)17-2/h7-9H,3-6H2,1-2H3,(H2,15,16,19). The minimum Gasteiger partial charge on any atom is -0.497 e. The maximum absolute atomic E-state index is 5.25. The maximum atomic E-state index is 5.25. The molecule has 0 saturated carbocycles. The third kappa shape index (κ3) is 6.75. The molecule has 4 nitrogen and oxygen atoms in total. The predicted molar refractivity (Wildman–Crippen MR) is 86.0 cm³/mol. The van der Waals surface area contributed by atoms with Crippen molar-refractivity contribution < 1.29 is 9.47 Å². The van der Waals surface area contributed by atoms with Crippen LogP contribution in [0.25, 0.3) is 0 Å². The molecule has 0 unspecified atom stereocenters. The Hall–Kier alpha value is -0.850. The Labute approximate surface area is 128 Å². The van der Waals surface area contributed by atoms with Gasteiger partial charge in [0, 0.05) is 36.0 Å². The minimum atomic E-state index is 0.594. The Morgan fingerprint density at radius 1 is 1.37 bits per heavy atom. The summed E-state index contributed by atoms with van der Waals surface area (Å²) >= 11 is 8.64. The summed E-state index contributed by atoms with van der Waals surface area (Å²) < 4.78 is 11.4. The zero-order chi connectivity index (χ0) is 14.1. The van der Waals surface area contributed by atoms with Gasteiger partial charge in [-0.3, -0.25) is 0 Å². The monoisotopic (exact) mass is 346 g/mol. The molecule has 6 heteroatoms. The van der Waals surface area contributed by atoms with Crippen LogP contribution in [0.1, 0.15) is 13.3 Å². The van der Waals surface area contributed by atoms with E-state index in [1.165, 1.54) is 0 Å². The molecule has 1 aromatic rings. The zero-order valence-electron chi connectivity index (χ0n) is 11.2. The lowest BCUT2D eigenvalue weighted by Crippen LogP contribution is -2.29. The van der Waals surface area contributed by atoms with Crippen LogP contribution in [0.4, 0.5) is 5.69 Å². The van der Waals surface area contributed by atoms with Crippen LogP contribution in [0.15, 0.2) is 22.7 Å². The lowest BCUT2D eigenvalue weighted by Gasteiger charge is -2.12.